The smallest absolute Gasteiger partial charge is 0.268 e. The lowest BCUT2D eigenvalue weighted by molar-refractivity contribution is -0.870. The number of carbonyl (C=O) groups excluding carboxylic acids is 1. The number of carbonyl (C=O) groups is 1. The summed E-state index contributed by atoms with van der Waals surface area (Å²) in [7, 11) is 1.24. The van der Waals surface area contributed by atoms with Gasteiger partial charge in [-0.25, -0.2) is 0 Å². The van der Waals surface area contributed by atoms with Gasteiger partial charge in [-0.3, -0.25) is 9.36 Å². The summed E-state index contributed by atoms with van der Waals surface area (Å²) in [6.07, 6.45) is 23.8. The number of aliphatic hydroxyl groups excluding tert-OH is 1. The SMILES string of the molecule is CCCC/C=C/CC/C=C/C(O)C(COP(=O)([O-])OCC[N+](C)(C)C)NC(=O)CCCCCCCCCCCC. The summed E-state index contributed by atoms with van der Waals surface area (Å²) < 4.78 is 22.9. The molecule has 0 saturated carbocycles. The lowest BCUT2D eigenvalue weighted by Crippen LogP contribution is -2.45. The average Bonchev–Trinajstić information content (AvgIpc) is 2.88. The van der Waals surface area contributed by atoms with Crippen LogP contribution in [0.5, 0.6) is 0 Å². The Morgan fingerprint density at radius 2 is 1.40 bits per heavy atom. The molecule has 40 heavy (non-hydrogen) atoms. The second-order valence-corrected chi connectivity index (χ2v) is 13.2. The van der Waals surface area contributed by atoms with Crippen molar-refractivity contribution in [2.75, 3.05) is 40.9 Å². The second-order valence-electron chi connectivity index (χ2n) is 11.8. The van der Waals surface area contributed by atoms with Crippen molar-refractivity contribution in [1.82, 2.24) is 5.32 Å². The number of rotatable bonds is 27. The summed E-state index contributed by atoms with van der Waals surface area (Å²) in [5, 5.41) is 13.5. The molecule has 0 fully saturated rings. The second kappa shape index (κ2) is 24.6. The first-order valence-corrected chi connectivity index (χ1v) is 17.2. The monoisotopic (exact) mass is 588 g/mol. The van der Waals surface area contributed by atoms with Crippen molar-refractivity contribution in [3.8, 4) is 0 Å². The van der Waals surface area contributed by atoms with Crippen LogP contribution in [-0.4, -0.2) is 68.5 Å². The van der Waals surface area contributed by atoms with Crippen LogP contribution >= 0.6 is 7.82 Å². The van der Waals surface area contributed by atoms with Gasteiger partial charge >= 0.3 is 0 Å². The summed E-state index contributed by atoms with van der Waals surface area (Å²) >= 11 is 0. The lowest BCUT2D eigenvalue weighted by Gasteiger charge is -2.29. The summed E-state index contributed by atoms with van der Waals surface area (Å²) in [5.41, 5.74) is 0. The van der Waals surface area contributed by atoms with E-state index in [-0.39, 0.29) is 12.5 Å². The number of hydrogen-bond acceptors (Lipinski definition) is 6. The Kier molecular flexibility index (Phi) is 23.9. The molecule has 3 unspecified atom stereocenters. The minimum atomic E-state index is -4.57. The van der Waals surface area contributed by atoms with Crippen LogP contribution in [0.1, 0.15) is 117 Å². The van der Waals surface area contributed by atoms with Crippen LogP contribution in [0.25, 0.3) is 0 Å². The van der Waals surface area contributed by atoms with Gasteiger partial charge in [0.1, 0.15) is 13.2 Å². The number of phosphoric ester groups is 1. The van der Waals surface area contributed by atoms with Gasteiger partial charge in [-0.2, -0.15) is 0 Å². The molecule has 0 heterocycles. The van der Waals surface area contributed by atoms with Crippen molar-refractivity contribution < 1.29 is 32.9 Å². The fraction of sp³-hybridized carbons (Fsp3) is 0.839. The van der Waals surface area contributed by atoms with Crippen LogP contribution in [0.3, 0.4) is 0 Å². The molecule has 0 aliphatic carbocycles. The molecule has 1 amide bonds. The topological polar surface area (TPSA) is 108 Å². The zero-order chi connectivity index (χ0) is 30.1. The predicted molar refractivity (Wildman–Crippen MR) is 164 cm³/mol. The Bertz CT molecular complexity index is 723. The molecule has 0 bridgehead atoms. The quantitative estimate of drug-likeness (QED) is 0.0495. The Morgan fingerprint density at radius 1 is 0.850 bits per heavy atom. The van der Waals surface area contributed by atoms with Crippen LogP contribution in [0.15, 0.2) is 24.3 Å². The van der Waals surface area contributed by atoms with Crippen molar-refractivity contribution >= 4 is 13.7 Å². The van der Waals surface area contributed by atoms with E-state index in [0.717, 1.165) is 38.5 Å². The molecule has 0 radical (unpaired) electrons. The van der Waals surface area contributed by atoms with Crippen LogP contribution in [-0.2, 0) is 18.4 Å². The van der Waals surface area contributed by atoms with Gasteiger partial charge in [0.05, 0.1) is 39.9 Å². The van der Waals surface area contributed by atoms with E-state index < -0.39 is 26.6 Å². The largest absolute Gasteiger partial charge is 0.756 e. The van der Waals surface area contributed by atoms with Crippen LogP contribution in [0, 0.1) is 0 Å². The van der Waals surface area contributed by atoms with Crippen molar-refractivity contribution in [2.24, 2.45) is 0 Å². The molecule has 236 valence electrons. The van der Waals surface area contributed by atoms with E-state index in [2.05, 4.69) is 31.3 Å². The molecule has 0 aromatic rings. The van der Waals surface area contributed by atoms with E-state index >= 15 is 0 Å². The first-order chi connectivity index (χ1) is 19.0. The number of allylic oxidation sites excluding steroid dienone is 3. The third-order valence-electron chi connectivity index (χ3n) is 6.66. The summed E-state index contributed by atoms with van der Waals surface area (Å²) in [6.45, 7) is 4.49. The van der Waals surface area contributed by atoms with Crippen molar-refractivity contribution in [3.63, 3.8) is 0 Å². The molecule has 0 aromatic heterocycles. The summed E-state index contributed by atoms with van der Waals surface area (Å²) in [4.78, 5) is 24.9. The molecule has 0 aromatic carbocycles. The fourth-order valence-corrected chi connectivity index (χ4v) is 4.76. The van der Waals surface area contributed by atoms with E-state index in [4.69, 9.17) is 9.05 Å². The number of aliphatic hydroxyl groups is 1. The average molecular weight is 589 g/mol. The number of nitrogens with one attached hydrogen (secondary N) is 1. The van der Waals surface area contributed by atoms with E-state index in [0.29, 0.717) is 17.4 Å². The molecule has 3 atom stereocenters. The van der Waals surface area contributed by atoms with Crippen LogP contribution in [0.2, 0.25) is 0 Å². The van der Waals surface area contributed by atoms with Crippen LogP contribution in [0.4, 0.5) is 0 Å². The lowest BCUT2D eigenvalue weighted by atomic mass is 10.1. The highest BCUT2D eigenvalue weighted by Crippen LogP contribution is 2.38. The Hall–Kier alpha value is -1.02. The first kappa shape index (κ1) is 39.0. The van der Waals surface area contributed by atoms with E-state index in [1.807, 2.05) is 27.2 Å². The summed E-state index contributed by atoms with van der Waals surface area (Å²) in [5.74, 6) is -0.217. The van der Waals surface area contributed by atoms with Gasteiger partial charge in [-0.05, 0) is 25.7 Å². The maximum Gasteiger partial charge on any atom is 0.268 e. The molecule has 9 heteroatoms. The van der Waals surface area contributed by atoms with Crippen LogP contribution < -0.4 is 10.2 Å². The third-order valence-corrected chi connectivity index (χ3v) is 7.63. The highest BCUT2D eigenvalue weighted by Gasteiger charge is 2.23. The highest BCUT2D eigenvalue weighted by molar-refractivity contribution is 7.45. The van der Waals surface area contributed by atoms with Gasteiger partial charge in [-0.1, -0.05) is 109 Å². The van der Waals surface area contributed by atoms with E-state index in [1.54, 1.807) is 6.08 Å². The zero-order valence-corrected chi connectivity index (χ0v) is 27.2. The molecule has 0 aliphatic rings. The molecule has 8 nitrogen and oxygen atoms in total. The van der Waals surface area contributed by atoms with Gasteiger partial charge in [0.25, 0.3) is 7.82 Å². The van der Waals surface area contributed by atoms with Crippen molar-refractivity contribution in [1.29, 1.82) is 0 Å². The van der Waals surface area contributed by atoms with Gasteiger partial charge in [0, 0.05) is 6.42 Å². The number of likely N-dealkylation sites (N-methyl/N-ethyl adjacent to an activating group) is 1. The Labute approximate surface area is 245 Å². The molecule has 2 N–H and O–H groups in total. The number of quaternary nitrogens is 1. The Morgan fingerprint density at radius 3 is 2.00 bits per heavy atom. The van der Waals surface area contributed by atoms with Gasteiger partial charge in [-0.15, -0.1) is 0 Å². The highest BCUT2D eigenvalue weighted by atomic mass is 31.2. The van der Waals surface area contributed by atoms with Crippen molar-refractivity contribution in [3.05, 3.63) is 24.3 Å². The molecule has 0 rings (SSSR count). The van der Waals surface area contributed by atoms with Gasteiger partial charge in [0.15, 0.2) is 0 Å². The minimum absolute atomic E-state index is 0.00568. The fourth-order valence-electron chi connectivity index (χ4n) is 4.03. The Balaban J connectivity index is 4.69. The van der Waals surface area contributed by atoms with E-state index in [1.165, 1.54) is 57.8 Å². The van der Waals surface area contributed by atoms with Crippen molar-refractivity contribution in [2.45, 2.75) is 129 Å². The number of nitrogens with zero attached hydrogens (tertiary/aromatic N) is 1. The number of amides is 1. The number of phosphoric acid groups is 1. The number of unbranched alkanes of at least 4 members (excludes halogenated alkanes) is 12. The molecule has 0 aliphatic heterocycles. The maximum atomic E-state index is 12.6. The zero-order valence-electron chi connectivity index (χ0n) is 26.3. The molecule has 0 saturated heterocycles. The predicted octanol–water partition coefficient (Wildman–Crippen LogP) is 6.43. The third kappa shape index (κ3) is 25.9. The van der Waals surface area contributed by atoms with Gasteiger partial charge in [0.2, 0.25) is 5.91 Å². The number of hydrogen-bond donors (Lipinski definition) is 2. The minimum Gasteiger partial charge on any atom is -0.756 e. The molecular formula is C31H61N2O6P. The summed E-state index contributed by atoms with van der Waals surface area (Å²) in [6, 6.07) is -0.892. The standard InChI is InChI=1S/C31H61N2O6P/c1-6-8-10-12-14-16-17-19-21-23-25-31(35)32-29(28-39-40(36,37)38-27-26-33(3,4)5)30(34)24-22-20-18-15-13-11-9-7-2/h13,15,22,24,29-30,34H,6-12,14,16-21,23,25-28H2,1-5H3,(H-,32,35,36,37)/b15-13+,24-22+. The molecule has 0 spiro atoms. The normalized spacial score (nSPS) is 15.5. The van der Waals surface area contributed by atoms with Gasteiger partial charge < -0.3 is 28.8 Å². The molecular weight excluding hydrogens is 527 g/mol. The first-order valence-electron chi connectivity index (χ1n) is 15.7. The van der Waals surface area contributed by atoms with E-state index in [9.17, 15) is 19.4 Å². The maximum absolute atomic E-state index is 12.6.